The Balaban J connectivity index is 3.22. The van der Waals surface area contributed by atoms with E-state index in [4.69, 9.17) is 27.5 Å². The van der Waals surface area contributed by atoms with Crippen molar-refractivity contribution in [3.05, 3.63) is 28.8 Å². The minimum atomic E-state index is -0.499. The van der Waals surface area contributed by atoms with E-state index in [0.717, 1.165) is 0 Å². The van der Waals surface area contributed by atoms with Crippen molar-refractivity contribution in [3.63, 3.8) is 0 Å². The Morgan fingerprint density at radius 3 is 2.71 bits per heavy atom. The minimum absolute atomic E-state index is 0.133. The molecule has 14 heavy (non-hydrogen) atoms. The van der Waals surface area contributed by atoms with E-state index in [-0.39, 0.29) is 16.6 Å². The molecule has 5 heteroatoms. The van der Waals surface area contributed by atoms with E-state index in [0.29, 0.717) is 5.56 Å². The molecule has 0 atom stereocenters. The molecule has 3 N–H and O–H groups in total. The highest BCUT2D eigenvalue weighted by molar-refractivity contribution is 6.32. The number of amidine groups is 1. The van der Waals surface area contributed by atoms with E-state index in [2.05, 4.69) is 0 Å². The molecule has 0 heterocycles. The Kier molecular flexibility index (Phi) is 3.09. The predicted octanol–water partition coefficient (Wildman–Crippen LogP) is 1.55. The standard InChI is InChI=1S/C9H9ClN2O2/c1-5(13)14-8-6(9(11)12)3-2-4-7(8)10/h2-4H,1H3,(H3,11,12). The zero-order valence-electron chi connectivity index (χ0n) is 7.50. The number of ether oxygens (including phenoxy) is 1. The highest BCUT2D eigenvalue weighted by Crippen LogP contribution is 2.28. The van der Waals surface area contributed by atoms with Crippen LogP contribution >= 0.6 is 11.6 Å². The van der Waals surface area contributed by atoms with E-state index in [1.54, 1.807) is 18.2 Å². The Labute approximate surface area is 86.1 Å². The van der Waals surface area contributed by atoms with Crippen molar-refractivity contribution in [2.75, 3.05) is 0 Å². The maximum absolute atomic E-state index is 10.7. The fourth-order valence-electron chi connectivity index (χ4n) is 0.968. The number of hydrogen-bond donors (Lipinski definition) is 2. The van der Waals surface area contributed by atoms with Gasteiger partial charge in [-0.2, -0.15) is 0 Å². The van der Waals surface area contributed by atoms with E-state index < -0.39 is 5.97 Å². The molecule has 0 spiro atoms. The van der Waals surface area contributed by atoms with Crippen molar-refractivity contribution >= 4 is 23.4 Å². The number of esters is 1. The van der Waals surface area contributed by atoms with Gasteiger partial charge in [-0.15, -0.1) is 0 Å². The lowest BCUT2D eigenvalue weighted by Gasteiger charge is -2.08. The third kappa shape index (κ3) is 2.23. The average Bonchev–Trinajstić information content (AvgIpc) is 2.07. The summed E-state index contributed by atoms with van der Waals surface area (Å²) in [6, 6.07) is 4.75. The number of rotatable bonds is 2. The van der Waals surface area contributed by atoms with Crippen LogP contribution in [-0.4, -0.2) is 11.8 Å². The first kappa shape index (κ1) is 10.5. The van der Waals surface area contributed by atoms with Gasteiger partial charge in [-0.1, -0.05) is 17.7 Å². The molecule has 0 aliphatic carbocycles. The fourth-order valence-corrected chi connectivity index (χ4v) is 1.18. The number of halogens is 1. The van der Waals surface area contributed by atoms with Crippen molar-refractivity contribution in [1.29, 1.82) is 5.41 Å². The zero-order valence-corrected chi connectivity index (χ0v) is 8.26. The number of hydrogen-bond acceptors (Lipinski definition) is 3. The molecular weight excluding hydrogens is 204 g/mol. The number of carbonyl (C=O) groups excluding carboxylic acids is 1. The van der Waals surface area contributed by atoms with E-state index in [1.807, 2.05) is 0 Å². The van der Waals surface area contributed by atoms with Crippen molar-refractivity contribution in [1.82, 2.24) is 0 Å². The van der Waals surface area contributed by atoms with Crippen LogP contribution in [0.2, 0.25) is 5.02 Å². The normalized spacial score (nSPS) is 9.57. The van der Waals surface area contributed by atoms with E-state index >= 15 is 0 Å². The fraction of sp³-hybridized carbons (Fsp3) is 0.111. The van der Waals surface area contributed by atoms with Gasteiger partial charge in [0, 0.05) is 6.92 Å². The average molecular weight is 213 g/mol. The summed E-state index contributed by atoms with van der Waals surface area (Å²) in [5, 5.41) is 7.50. The molecule has 1 aromatic rings. The maximum atomic E-state index is 10.7. The first-order valence-corrected chi connectivity index (χ1v) is 4.21. The molecule has 0 saturated carbocycles. The molecule has 4 nitrogen and oxygen atoms in total. The van der Waals surface area contributed by atoms with Crippen molar-refractivity contribution in [3.8, 4) is 5.75 Å². The quantitative estimate of drug-likeness (QED) is 0.338. The Hall–Kier alpha value is -1.55. The molecule has 0 aliphatic heterocycles. The highest BCUT2D eigenvalue weighted by Gasteiger charge is 2.12. The van der Waals surface area contributed by atoms with Crippen molar-refractivity contribution < 1.29 is 9.53 Å². The second-order valence-electron chi connectivity index (χ2n) is 2.62. The Bertz CT molecular complexity index is 390. The van der Waals surface area contributed by atoms with Crippen LogP contribution in [0.5, 0.6) is 5.75 Å². The molecule has 74 valence electrons. The summed E-state index contributed by atoms with van der Waals surface area (Å²) in [6.07, 6.45) is 0. The van der Waals surface area contributed by atoms with Gasteiger partial charge < -0.3 is 10.5 Å². The van der Waals surface area contributed by atoms with Crippen LogP contribution in [0.4, 0.5) is 0 Å². The van der Waals surface area contributed by atoms with Gasteiger partial charge in [-0.05, 0) is 12.1 Å². The third-order valence-electron chi connectivity index (χ3n) is 1.50. The van der Waals surface area contributed by atoms with Gasteiger partial charge in [0.05, 0.1) is 10.6 Å². The van der Waals surface area contributed by atoms with Gasteiger partial charge in [-0.25, -0.2) is 0 Å². The first-order valence-electron chi connectivity index (χ1n) is 3.83. The number of benzene rings is 1. The van der Waals surface area contributed by atoms with Crippen LogP contribution < -0.4 is 10.5 Å². The van der Waals surface area contributed by atoms with Crippen molar-refractivity contribution in [2.45, 2.75) is 6.92 Å². The second kappa shape index (κ2) is 4.11. The van der Waals surface area contributed by atoms with Crippen LogP contribution in [0.25, 0.3) is 0 Å². The first-order chi connectivity index (χ1) is 6.52. The zero-order chi connectivity index (χ0) is 10.7. The number of nitrogen functional groups attached to an aromatic ring is 1. The molecule has 0 radical (unpaired) electrons. The molecule has 0 fully saturated rings. The third-order valence-corrected chi connectivity index (χ3v) is 1.80. The van der Waals surface area contributed by atoms with Gasteiger partial charge in [0.1, 0.15) is 5.84 Å². The molecule has 0 unspecified atom stereocenters. The van der Waals surface area contributed by atoms with Gasteiger partial charge in [-0.3, -0.25) is 10.2 Å². The highest BCUT2D eigenvalue weighted by atomic mass is 35.5. The van der Waals surface area contributed by atoms with Gasteiger partial charge in [0.15, 0.2) is 5.75 Å². The van der Waals surface area contributed by atoms with Crippen LogP contribution in [0, 0.1) is 5.41 Å². The van der Waals surface area contributed by atoms with Gasteiger partial charge >= 0.3 is 5.97 Å². The summed E-state index contributed by atoms with van der Waals surface area (Å²) in [6.45, 7) is 1.26. The van der Waals surface area contributed by atoms with Gasteiger partial charge in [0.25, 0.3) is 0 Å². The molecular formula is C9H9ClN2O2. The number of para-hydroxylation sites is 1. The topological polar surface area (TPSA) is 76.2 Å². The lowest BCUT2D eigenvalue weighted by Crippen LogP contribution is -2.14. The lowest BCUT2D eigenvalue weighted by molar-refractivity contribution is -0.131. The Morgan fingerprint density at radius 1 is 1.57 bits per heavy atom. The SMILES string of the molecule is CC(=O)Oc1c(Cl)cccc1C(=N)N. The second-order valence-corrected chi connectivity index (χ2v) is 3.03. The lowest BCUT2D eigenvalue weighted by atomic mass is 10.2. The molecule has 0 saturated heterocycles. The maximum Gasteiger partial charge on any atom is 0.308 e. The molecule has 0 aliphatic rings. The van der Waals surface area contributed by atoms with Crippen LogP contribution in [-0.2, 0) is 4.79 Å². The number of nitrogens with two attached hydrogens (primary N) is 1. The number of nitrogens with one attached hydrogen (secondary N) is 1. The molecule has 1 aromatic carbocycles. The monoisotopic (exact) mass is 212 g/mol. The summed E-state index contributed by atoms with van der Waals surface area (Å²) in [5.74, 6) is -0.557. The molecule has 0 amide bonds. The largest absolute Gasteiger partial charge is 0.424 e. The summed E-state index contributed by atoms with van der Waals surface area (Å²) in [4.78, 5) is 10.7. The van der Waals surface area contributed by atoms with Crippen LogP contribution in [0.3, 0.4) is 0 Å². The summed E-state index contributed by atoms with van der Waals surface area (Å²) in [5.41, 5.74) is 5.61. The van der Waals surface area contributed by atoms with Crippen LogP contribution in [0.15, 0.2) is 18.2 Å². The van der Waals surface area contributed by atoms with Gasteiger partial charge in [0.2, 0.25) is 0 Å². The Morgan fingerprint density at radius 2 is 2.21 bits per heavy atom. The molecule has 0 aromatic heterocycles. The summed E-state index contributed by atoms with van der Waals surface area (Å²) >= 11 is 5.79. The summed E-state index contributed by atoms with van der Waals surface area (Å²) in [7, 11) is 0. The van der Waals surface area contributed by atoms with E-state index in [1.165, 1.54) is 6.92 Å². The van der Waals surface area contributed by atoms with E-state index in [9.17, 15) is 4.79 Å². The van der Waals surface area contributed by atoms with Crippen molar-refractivity contribution in [2.24, 2.45) is 5.73 Å². The minimum Gasteiger partial charge on any atom is -0.424 e. The number of carbonyl (C=O) groups is 1. The molecule has 1 rings (SSSR count). The summed E-state index contributed by atoms with van der Waals surface area (Å²) < 4.78 is 4.85. The predicted molar refractivity (Wildman–Crippen MR) is 53.8 cm³/mol. The smallest absolute Gasteiger partial charge is 0.308 e. The molecule has 0 bridgehead atoms. The van der Waals surface area contributed by atoms with Crippen LogP contribution in [0.1, 0.15) is 12.5 Å².